The molecule has 0 heterocycles. The van der Waals surface area contributed by atoms with Crippen LogP contribution < -0.4 is 10.2 Å². The maximum absolute atomic E-state index is 10.9. The van der Waals surface area contributed by atoms with E-state index in [4.69, 9.17) is 0 Å². The van der Waals surface area contributed by atoms with E-state index < -0.39 is 10.1 Å². The van der Waals surface area contributed by atoms with Crippen LogP contribution in [-0.4, -0.2) is 51.8 Å². The summed E-state index contributed by atoms with van der Waals surface area (Å²) in [4.78, 5) is 12.2. The van der Waals surface area contributed by atoms with Crippen molar-refractivity contribution in [2.75, 3.05) is 32.9 Å². The molecule has 0 rings (SSSR count). The molecule has 0 aliphatic rings. The van der Waals surface area contributed by atoms with E-state index >= 15 is 0 Å². The lowest BCUT2D eigenvalue weighted by atomic mass is 10.3. The average molecular weight is 280 g/mol. The molecule has 0 radical (unpaired) electrons. The van der Waals surface area contributed by atoms with Crippen molar-refractivity contribution in [2.45, 2.75) is 20.3 Å². The second-order valence-electron chi connectivity index (χ2n) is 4.26. The van der Waals surface area contributed by atoms with Crippen molar-refractivity contribution in [3.63, 3.8) is 0 Å². The highest BCUT2D eigenvalue weighted by Crippen LogP contribution is 1.83. The van der Waals surface area contributed by atoms with Gasteiger partial charge in [-0.3, -0.25) is 4.79 Å². The predicted octanol–water partition coefficient (Wildman–Crippen LogP) is -1.24. The maximum Gasteiger partial charge on any atom is 0.246 e. The second kappa shape index (κ2) is 10.0. The predicted molar refractivity (Wildman–Crippen MR) is 70.4 cm³/mol. The Labute approximate surface area is 110 Å². The molecule has 0 saturated carbocycles. The first-order chi connectivity index (χ1) is 8.10. The van der Waals surface area contributed by atoms with Crippen molar-refractivity contribution >= 4 is 16.0 Å². The van der Waals surface area contributed by atoms with Gasteiger partial charge in [-0.25, -0.2) is 8.42 Å². The molecule has 108 valence electrons. The molecule has 6 nitrogen and oxygen atoms in total. The molecule has 0 aliphatic heterocycles. The first-order valence-corrected chi connectivity index (χ1v) is 7.34. The van der Waals surface area contributed by atoms with E-state index in [0.29, 0.717) is 18.5 Å². The van der Waals surface area contributed by atoms with Crippen LogP contribution in [-0.2, 0) is 14.9 Å². The zero-order valence-corrected chi connectivity index (χ0v) is 12.4. The highest BCUT2D eigenvalue weighted by Gasteiger charge is 2.00. The summed E-state index contributed by atoms with van der Waals surface area (Å²) in [5.74, 6) is -0.293. The largest absolute Gasteiger partial charge is 0.748 e. The Bertz CT molecular complexity index is 350. The summed E-state index contributed by atoms with van der Waals surface area (Å²) in [7, 11) is 0.173. The summed E-state index contributed by atoms with van der Waals surface area (Å²) in [6.07, 6.45) is 0.409. The van der Waals surface area contributed by atoms with Crippen molar-refractivity contribution in [1.82, 2.24) is 5.32 Å². The van der Waals surface area contributed by atoms with Gasteiger partial charge in [0.05, 0.1) is 37.3 Å². The van der Waals surface area contributed by atoms with Crippen molar-refractivity contribution in [1.29, 1.82) is 0 Å². The highest BCUT2D eigenvalue weighted by molar-refractivity contribution is 7.85. The minimum Gasteiger partial charge on any atom is -0.748 e. The van der Waals surface area contributed by atoms with Crippen molar-refractivity contribution in [3.8, 4) is 0 Å². The van der Waals surface area contributed by atoms with Crippen LogP contribution in [0.3, 0.4) is 0 Å². The number of nitrogens with one attached hydrogen (secondary N) is 2. The molecular weight excluding hydrogens is 256 g/mol. The molecule has 0 aromatic rings. The Morgan fingerprint density at radius 1 is 1.39 bits per heavy atom. The number of hydrogen-bond acceptors (Lipinski definition) is 4. The van der Waals surface area contributed by atoms with Crippen LogP contribution in [0.2, 0.25) is 0 Å². The van der Waals surface area contributed by atoms with Gasteiger partial charge in [-0.15, -0.1) is 0 Å². The van der Waals surface area contributed by atoms with E-state index in [-0.39, 0.29) is 11.7 Å². The van der Waals surface area contributed by atoms with Crippen molar-refractivity contribution in [2.24, 2.45) is 0 Å². The first kappa shape index (κ1) is 19.4. The van der Waals surface area contributed by atoms with Gasteiger partial charge in [-0.05, 0) is 13.3 Å². The van der Waals surface area contributed by atoms with Crippen LogP contribution in [0.15, 0.2) is 12.2 Å². The van der Waals surface area contributed by atoms with Crippen molar-refractivity contribution < 1.29 is 22.7 Å². The Morgan fingerprint density at radius 3 is 2.11 bits per heavy atom. The van der Waals surface area contributed by atoms with Gasteiger partial charge in [0.2, 0.25) is 5.91 Å². The van der Waals surface area contributed by atoms with Gasteiger partial charge in [-0.2, -0.15) is 0 Å². The number of amides is 1. The Kier molecular flexibility index (Phi) is 10.8. The van der Waals surface area contributed by atoms with Gasteiger partial charge in [0.15, 0.2) is 0 Å². The fourth-order valence-corrected chi connectivity index (χ4v) is 1.33. The Hall–Kier alpha value is -0.920. The van der Waals surface area contributed by atoms with Crippen LogP contribution in [0, 0.1) is 0 Å². The standard InChI is InChI=1S/C8H16N2O.C3H8O3S/c1-7(2)8(11)9-5-6-10(3)4;1-2-3-7(4,5)6/h1,5-6H2,2-4H3,(H,9,11);2-3H2,1H3,(H,4,5,6). The lowest BCUT2D eigenvalue weighted by Gasteiger charge is -2.07. The average Bonchev–Trinajstić information content (AvgIpc) is 2.15. The SMILES string of the molecule is C=C(C)C(=O)NCC[NH+](C)C.CCCS(=O)(=O)[O-]. The zero-order chi connectivity index (χ0) is 14.8. The molecule has 0 aliphatic carbocycles. The van der Waals surface area contributed by atoms with E-state index in [9.17, 15) is 17.8 Å². The second-order valence-corrected chi connectivity index (χ2v) is 5.78. The van der Waals surface area contributed by atoms with E-state index in [1.54, 1.807) is 13.8 Å². The van der Waals surface area contributed by atoms with Crippen molar-refractivity contribution in [3.05, 3.63) is 12.2 Å². The molecule has 0 fully saturated rings. The normalized spacial score (nSPS) is 10.6. The minimum atomic E-state index is -3.92. The lowest BCUT2D eigenvalue weighted by Crippen LogP contribution is -3.06. The fraction of sp³-hybridized carbons (Fsp3) is 0.727. The fourth-order valence-electron chi connectivity index (χ4n) is 0.827. The molecule has 0 spiro atoms. The quantitative estimate of drug-likeness (QED) is 0.470. The molecule has 0 bridgehead atoms. The molecule has 0 atom stereocenters. The molecule has 2 N–H and O–H groups in total. The van der Waals surface area contributed by atoms with E-state index in [1.165, 1.54) is 4.90 Å². The number of rotatable bonds is 6. The van der Waals surface area contributed by atoms with E-state index in [0.717, 1.165) is 6.54 Å². The van der Waals surface area contributed by atoms with Gasteiger partial charge >= 0.3 is 0 Å². The van der Waals surface area contributed by atoms with Gasteiger partial charge in [0.1, 0.15) is 0 Å². The summed E-state index contributed by atoms with van der Waals surface area (Å²) in [5.41, 5.74) is 0.568. The Morgan fingerprint density at radius 2 is 1.89 bits per heavy atom. The number of quaternary nitrogens is 1. The molecule has 0 unspecified atom stereocenters. The third-order valence-corrected chi connectivity index (χ3v) is 2.66. The molecule has 0 aromatic heterocycles. The molecule has 7 heteroatoms. The Balaban J connectivity index is 0. The first-order valence-electron chi connectivity index (χ1n) is 5.76. The highest BCUT2D eigenvalue weighted by atomic mass is 32.2. The number of likely N-dealkylation sites (N-methyl/N-ethyl adjacent to an activating group) is 1. The van der Waals surface area contributed by atoms with Crippen LogP contribution in [0.1, 0.15) is 20.3 Å². The molecular formula is C11H24N2O4S. The van der Waals surface area contributed by atoms with Crippen LogP contribution >= 0.6 is 0 Å². The third kappa shape index (κ3) is 17.5. The number of carbonyl (C=O) groups is 1. The van der Waals surface area contributed by atoms with E-state index in [1.807, 2.05) is 14.1 Å². The van der Waals surface area contributed by atoms with Crippen LogP contribution in [0.5, 0.6) is 0 Å². The monoisotopic (exact) mass is 280 g/mol. The minimum absolute atomic E-state index is 0.0498. The topological polar surface area (TPSA) is 90.7 Å². The third-order valence-electron chi connectivity index (χ3n) is 1.75. The van der Waals surface area contributed by atoms with Crippen LogP contribution in [0.4, 0.5) is 0 Å². The van der Waals surface area contributed by atoms with Gasteiger partial charge in [0, 0.05) is 11.3 Å². The summed E-state index contributed by atoms with van der Waals surface area (Å²) >= 11 is 0. The van der Waals surface area contributed by atoms with Gasteiger partial charge in [0.25, 0.3) is 0 Å². The summed E-state index contributed by atoms with van der Waals surface area (Å²) in [5, 5.41) is 2.75. The maximum atomic E-state index is 10.9. The smallest absolute Gasteiger partial charge is 0.246 e. The molecule has 1 amide bonds. The molecule has 0 saturated heterocycles. The summed E-state index contributed by atoms with van der Waals surface area (Å²) in [6, 6.07) is 0. The molecule has 18 heavy (non-hydrogen) atoms. The zero-order valence-electron chi connectivity index (χ0n) is 11.6. The van der Waals surface area contributed by atoms with E-state index in [2.05, 4.69) is 11.9 Å². The van der Waals surface area contributed by atoms with Gasteiger partial charge in [-0.1, -0.05) is 13.5 Å². The van der Waals surface area contributed by atoms with Crippen LogP contribution in [0.25, 0.3) is 0 Å². The summed E-state index contributed by atoms with van der Waals surface area (Å²) in [6.45, 7) is 8.55. The van der Waals surface area contributed by atoms with Gasteiger partial charge < -0.3 is 14.8 Å². The number of hydrogen-bond donors (Lipinski definition) is 2. The summed E-state index contributed by atoms with van der Waals surface area (Å²) < 4.78 is 29.0. The lowest BCUT2D eigenvalue weighted by molar-refractivity contribution is -0.856. The number of carbonyl (C=O) groups excluding carboxylic acids is 1. The molecule has 0 aromatic carbocycles.